The molecule has 0 spiro atoms. The maximum atomic E-state index is 14.1. The third-order valence-corrected chi connectivity index (χ3v) is 5.30. The molecule has 3 aromatic rings. The molecule has 6 heteroatoms. The molecule has 1 aromatic heterocycles. The Bertz CT molecular complexity index is 938. The van der Waals surface area contributed by atoms with Gasteiger partial charge in [0.15, 0.2) is 9.84 Å². The van der Waals surface area contributed by atoms with Crippen LogP contribution in [0.2, 0.25) is 0 Å². The van der Waals surface area contributed by atoms with Gasteiger partial charge in [0.2, 0.25) is 0 Å². The van der Waals surface area contributed by atoms with Crippen LogP contribution in [0.1, 0.15) is 0 Å². The molecular weight excluding hydrogens is 338 g/mol. The Morgan fingerprint density at radius 1 is 0.870 bits per heavy atom. The lowest BCUT2D eigenvalue weighted by Gasteiger charge is -2.08. The second kappa shape index (κ2) is 5.86. The second-order valence-corrected chi connectivity index (χ2v) is 7.80. The van der Waals surface area contributed by atoms with Crippen molar-refractivity contribution in [2.24, 2.45) is 0 Å². The van der Waals surface area contributed by atoms with Crippen molar-refractivity contribution < 1.29 is 17.2 Å². The fourth-order valence-electron chi connectivity index (χ4n) is 2.43. The molecule has 2 nitrogen and oxygen atoms in total. The average molecular weight is 350 g/mol. The van der Waals surface area contributed by atoms with Crippen LogP contribution in [-0.2, 0) is 9.84 Å². The number of thiophene rings is 1. The van der Waals surface area contributed by atoms with Gasteiger partial charge in [0, 0.05) is 17.4 Å². The van der Waals surface area contributed by atoms with E-state index in [1.807, 2.05) is 35.7 Å². The monoisotopic (exact) mass is 350 g/mol. The van der Waals surface area contributed by atoms with Crippen molar-refractivity contribution in [1.82, 2.24) is 0 Å². The molecule has 1 heterocycles. The fourth-order valence-corrected chi connectivity index (χ4v) is 4.12. The number of sulfone groups is 1. The number of hydrogen-bond acceptors (Lipinski definition) is 3. The Morgan fingerprint density at radius 2 is 1.39 bits per heavy atom. The number of rotatable bonds is 3. The van der Waals surface area contributed by atoms with Gasteiger partial charge in [-0.15, -0.1) is 0 Å². The molecule has 23 heavy (non-hydrogen) atoms. The Kier molecular flexibility index (Phi) is 4.04. The van der Waals surface area contributed by atoms with Crippen LogP contribution in [0, 0.1) is 11.6 Å². The van der Waals surface area contributed by atoms with Gasteiger partial charge in [0.1, 0.15) is 16.5 Å². The topological polar surface area (TPSA) is 34.1 Å². The van der Waals surface area contributed by atoms with Crippen molar-refractivity contribution >= 4 is 21.2 Å². The van der Waals surface area contributed by atoms with Crippen molar-refractivity contribution in [3.63, 3.8) is 0 Å². The van der Waals surface area contributed by atoms with Crippen LogP contribution in [-0.4, -0.2) is 14.7 Å². The standard InChI is InChI=1S/C17H12F2O2S2/c1-23(20,21)17-15(18)7-12(8-16(17)19)14-10-22-9-13(14)11-5-3-2-4-6-11/h2-10H,1H3. The number of hydrogen-bond donors (Lipinski definition) is 0. The van der Waals surface area contributed by atoms with E-state index >= 15 is 0 Å². The van der Waals surface area contributed by atoms with Gasteiger partial charge in [-0.3, -0.25) is 0 Å². The maximum Gasteiger partial charge on any atom is 0.181 e. The summed E-state index contributed by atoms with van der Waals surface area (Å²) in [5, 5.41) is 3.68. The summed E-state index contributed by atoms with van der Waals surface area (Å²) < 4.78 is 51.2. The Labute approximate surface area is 137 Å². The van der Waals surface area contributed by atoms with Gasteiger partial charge < -0.3 is 0 Å². The van der Waals surface area contributed by atoms with Crippen LogP contribution in [0.3, 0.4) is 0 Å². The summed E-state index contributed by atoms with van der Waals surface area (Å²) in [7, 11) is -3.96. The Morgan fingerprint density at radius 3 is 1.91 bits per heavy atom. The lowest BCUT2D eigenvalue weighted by Crippen LogP contribution is -2.04. The largest absolute Gasteiger partial charge is 0.224 e. The van der Waals surface area contributed by atoms with Gasteiger partial charge in [0.25, 0.3) is 0 Å². The third kappa shape index (κ3) is 3.04. The maximum absolute atomic E-state index is 14.1. The highest BCUT2D eigenvalue weighted by Gasteiger charge is 2.22. The molecule has 0 radical (unpaired) electrons. The molecular formula is C17H12F2O2S2. The van der Waals surface area contributed by atoms with E-state index < -0.39 is 26.4 Å². The predicted molar refractivity (Wildman–Crippen MR) is 88.2 cm³/mol. The van der Waals surface area contributed by atoms with Crippen molar-refractivity contribution in [2.45, 2.75) is 4.90 Å². The van der Waals surface area contributed by atoms with Crippen molar-refractivity contribution in [3.05, 3.63) is 64.9 Å². The molecule has 0 aliphatic heterocycles. The first-order valence-corrected chi connectivity index (χ1v) is 9.52. The fraction of sp³-hybridized carbons (Fsp3) is 0.0588. The Balaban J connectivity index is 2.17. The minimum absolute atomic E-state index is 0.313. The summed E-state index contributed by atoms with van der Waals surface area (Å²) in [6, 6.07) is 11.6. The summed E-state index contributed by atoms with van der Waals surface area (Å²) in [5.41, 5.74) is 2.75. The van der Waals surface area contributed by atoms with E-state index in [-0.39, 0.29) is 0 Å². The highest BCUT2D eigenvalue weighted by Crippen LogP contribution is 2.36. The number of benzene rings is 2. The van der Waals surface area contributed by atoms with Crippen LogP contribution < -0.4 is 0 Å². The van der Waals surface area contributed by atoms with Crippen LogP contribution in [0.5, 0.6) is 0 Å². The van der Waals surface area contributed by atoms with E-state index in [4.69, 9.17) is 0 Å². The molecule has 0 N–H and O–H groups in total. The SMILES string of the molecule is CS(=O)(=O)c1c(F)cc(-c2cscc2-c2ccccc2)cc1F. The zero-order chi connectivity index (χ0) is 16.6. The molecule has 0 aliphatic carbocycles. The van der Waals surface area contributed by atoms with E-state index in [0.717, 1.165) is 29.5 Å². The van der Waals surface area contributed by atoms with Gasteiger partial charge >= 0.3 is 0 Å². The van der Waals surface area contributed by atoms with Crippen LogP contribution in [0.25, 0.3) is 22.3 Å². The van der Waals surface area contributed by atoms with E-state index in [9.17, 15) is 17.2 Å². The molecule has 2 aromatic carbocycles. The van der Waals surface area contributed by atoms with Gasteiger partial charge in [-0.2, -0.15) is 11.3 Å². The molecule has 0 saturated heterocycles. The highest BCUT2D eigenvalue weighted by atomic mass is 32.2. The quantitative estimate of drug-likeness (QED) is 0.682. The molecule has 0 saturated carbocycles. The van der Waals surface area contributed by atoms with Gasteiger partial charge in [-0.1, -0.05) is 30.3 Å². The van der Waals surface area contributed by atoms with Crippen molar-refractivity contribution in [3.8, 4) is 22.3 Å². The van der Waals surface area contributed by atoms with Crippen molar-refractivity contribution in [2.75, 3.05) is 6.26 Å². The molecule has 0 fully saturated rings. The van der Waals surface area contributed by atoms with Crippen LogP contribution in [0.4, 0.5) is 8.78 Å². The predicted octanol–water partition coefficient (Wildman–Crippen LogP) is 4.76. The average Bonchev–Trinajstić information content (AvgIpc) is 2.95. The van der Waals surface area contributed by atoms with Crippen LogP contribution in [0.15, 0.2) is 58.1 Å². The smallest absolute Gasteiger partial charge is 0.181 e. The molecule has 0 amide bonds. The van der Waals surface area contributed by atoms with E-state index in [2.05, 4.69) is 0 Å². The Hall–Kier alpha value is -2.05. The first kappa shape index (κ1) is 15.8. The molecule has 0 aliphatic rings. The summed E-state index contributed by atoms with van der Waals surface area (Å²) in [5.74, 6) is -2.15. The summed E-state index contributed by atoms with van der Waals surface area (Å²) in [6.45, 7) is 0. The summed E-state index contributed by atoms with van der Waals surface area (Å²) in [6.07, 6.45) is 0.786. The highest BCUT2D eigenvalue weighted by molar-refractivity contribution is 7.90. The lowest BCUT2D eigenvalue weighted by molar-refractivity contribution is 0.522. The third-order valence-electron chi connectivity index (χ3n) is 3.43. The van der Waals surface area contributed by atoms with E-state index in [1.165, 1.54) is 11.3 Å². The van der Waals surface area contributed by atoms with Crippen molar-refractivity contribution in [1.29, 1.82) is 0 Å². The second-order valence-electron chi connectivity index (χ2n) is 5.11. The number of halogens is 2. The van der Waals surface area contributed by atoms with E-state index in [0.29, 0.717) is 11.1 Å². The summed E-state index contributed by atoms with van der Waals surface area (Å²) >= 11 is 1.41. The molecule has 0 bridgehead atoms. The van der Waals surface area contributed by atoms with Gasteiger partial charge in [0.05, 0.1) is 0 Å². The van der Waals surface area contributed by atoms with E-state index in [1.54, 1.807) is 5.38 Å². The zero-order valence-electron chi connectivity index (χ0n) is 12.1. The normalized spacial score (nSPS) is 11.6. The first-order valence-electron chi connectivity index (χ1n) is 6.69. The minimum atomic E-state index is -3.96. The molecule has 3 rings (SSSR count). The zero-order valence-corrected chi connectivity index (χ0v) is 13.7. The first-order chi connectivity index (χ1) is 10.9. The van der Waals surface area contributed by atoms with Gasteiger partial charge in [-0.25, -0.2) is 17.2 Å². The molecule has 0 atom stereocenters. The summed E-state index contributed by atoms with van der Waals surface area (Å²) in [4.78, 5) is -0.891. The minimum Gasteiger partial charge on any atom is -0.224 e. The molecule has 0 unspecified atom stereocenters. The lowest BCUT2D eigenvalue weighted by atomic mass is 9.99. The molecule has 118 valence electrons. The van der Waals surface area contributed by atoms with Crippen LogP contribution >= 0.6 is 11.3 Å². The van der Waals surface area contributed by atoms with Gasteiger partial charge in [-0.05, 0) is 34.0 Å².